The van der Waals surface area contributed by atoms with E-state index in [2.05, 4.69) is 22.3 Å². The number of nitrogens with zero attached hydrogens (tertiary/aromatic N) is 1. The summed E-state index contributed by atoms with van der Waals surface area (Å²) in [7, 11) is 1.65. The summed E-state index contributed by atoms with van der Waals surface area (Å²) in [4.78, 5) is 14.8. The van der Waals surface area contributed by atoms with E-state index in [1.165, 1.54) is 29.8 Å². The number of amides is 1. The summed E-state index contributed by atoms with van der Waals surface area (Å²) in [5.74, 6) is 1.00. The Kier molecular flexibility index (Phi) is 7.66. The number of nitrogens with one attached hydrogen (secondary N) is 1. The first-order valence-corrected chi connectivity index (χ1v) is 10.6. The number of carbonyl (C=O) groups is 1. The van der Waals surface area contributed by atoms with Crippen LogP contribution in [0.1, 0.15) is 28.8 Å². The van der Waals surface area contributed by atoms with Crippen molar-refractivity contribution in [3.63, 3.8) is 0 Å². The second-order valence-corrected chi connectivity index (χ2v) is 8.49. The number of methoxy groups -OCH3 is 1. The van der Waals surface area contributed by atoms with Crippen molar-refractivity contribution in [2.24, 2.45) is 5.92 Å². The van der Waals surface area contributed by atoms with Crippen LogP contribution in [0.25, 0.3) is 0 Å². The predicted molar refractivity (Wildman–Crippen MR) is 112 cm³/mol. The third kappa shape index (κ3) is 6.95. The standard InChI is InChI=1S/C22H25F3N2O2S/c1-29-19-6-2-17(3-7-19)15-27-12-10-16(11-13-27)14-26-21(28)18-4-8-20(9-5-18)30-22(23,24)25/h2-9,16H,10-15H2,1H3,(H,26,28). The van der Waals surface area contributed by atoms with Gasteiger partial charge >= 0.3 is 5.51 Å². The number of piperidine rings is 1. The number of thioether (sulfide) groups is 1. The Balaban J connectivity index is 1.40. The van der Waals surface area contributed by atoms with Crippen LogP contribution >= 0.6 is 11.8 Å². The zero-order valence-electron chi connectivity index (χ0n) is 16.7. The number of carbonyl (C=O) groups excluding carboxylic acids is 1. The van der Waals surface area contributed by atoms with Gasteiger partial charge in [0, 0.05) is 23.5 Å². The van der Waals surface area contributed by atoms with Crippen LogP contribution in [0, 0.1) is 5.92 Å². The second kappa shape index (κ2) is 10.2. The van der Waals surface area contributed by atoms with E-state index in [0.717, 1.165) is 38.2 Å². The number of rotatable bonds is 7. The van der Waals surface area contributed by atoms with Crippen LogP contribution in [0.4, 0.5) is 13.2 Å². The number of halogens is 3. The van der Waals surface area contributed by atoms with Gasteiger partial charge in [-0.2, -0.15) is 13.2 Å². The van der Waals surface area contributed by atoms with Gasteiger partial charge in [0.2, 0.25) is 0 Å². The van der Waals surface area contributed by atoms with Crippen LogP contribution in [0.5, 0.6) is 5.75 Å². The first-order chi connectivity index (χ1) is 14.3. The van der Waals surface area contributed by atoms with Gasteiger partial charge in [0.25, 0.3) is 5.91 Å². The number of benzene rings is 2. The molecule has 0 bridgehead atoms. The Labute approximate surface area is 178 Å². The van der Waals surface area contributed by atoms with Crippen LogP contribution in [0.3, 0.4) is 0 Å². The summed E-state index contributed by atoms with van der Waals surface area (Å²) < 4.78 is 42.3. The van der Waals surface area contributed by atoms with Crippen LogP contribution < -0.4 is 10.1 Å². The molecule has 1 saturated heterocycles. The summed E-state index contributed by atoms with van der Waals surface area (Å²) >= 11 is -0.183. The minimum absolute atomic E-state index is 0.0725. The van der Waals surface area contributed by atoms with E-state index in [1.54, 1.807) is 7.11 Å². The fourth-order valence-corrected chi connectivity index (χ4v) is 4.02. The summed E-state index contributed by atoms with van der Waals surface area (Å²) in [5, 5.41) is 2.91. The van der Waals surface area contributed by atoms with Crippen molar-refractivity contribution in [2.45, 2.75) is 29.8 Å². The van der Waals surface area contributed by atoms with E-state index in [0.29, 0.717) is 18.0 Å². The molecule has 0 radical (unpaired) electrons. The van der Waals surface area contributed by atoms with Crippen molar-refractivity contribution in [2.75, 3.05) is 26.7 Å². The van der Waals surface area contributed by atoms with Crippen LogP contribution in [0.2, 0.25) is 0 Å². The molecule has 8 heteroatoms. The summed E-state index contributed by atoms with van der Waals surface area (Å²) in [6.45, 7) is 3.41. The average Bonchev–Trinajstić information content (AvgIpc) is 2.73. The van der Waals surface area contributed by atoms with Gasteiger partial charge in [0.1, 0.15) is 5.75 Å². The van der Waals surface area contributed by atoms with E-state index < -0.39 is 5.51 Å². The maximum Gasteiger partial charge on any atom is 0.446 e. The van der Waals surface area contributed by atoms with E-state index in [4.69, 9.17) is 4.74 Å². The number of alkyl halides is 3. The highest BCUT2D eigenvalue weighted by Gasteiger charge is 2.29. The van der Waals surface area contributed by atoms with Crippen molar-refractivity contribution in [3.8, 4) is 5.75 Å². The van der Waals surface area contributed by atoms with Gasteiger partial charge in [-0.25, -0.2) is 0 Å². The number of likely N-dealkylation sites (tertiary alicyclic amines) is 1. The van der Waals surface area contributed by atoms with Crippen molar-refractivity contribution >= 4 is 17.7 Å². The van der Waals surface area contributed by atoms with Gasteiger partial charge in [-0.05, 0) is 85.6 Å². The van der Waals surface area contributed by atoms with Gasteiger partial charge in [-0.3, -0.25) is 9.69 Å². The van der Waals surface area contributed by atoms with Crippen molar-refractivity contribution in [3.05, 3.63) is 59.7 Å². The third-order valence-corrected chi connectivity index (χ3v) is 5.91. The Morgan fingerprint density at radius 2 is 1.73 bits per heavy atom. The highest BCUT2D eigenvalue weighted by Crippen LogP contribution is 2.36. The normalized spacial score (nSPS) is 15.7. The molecule has 162 valence electrons. The van der Waals surface area contributed by atoms with E-state index in [-0.39, 0.29) is 22.6 Å². The molecule has 1 aliphatic rings. The highest BCUT2D eigenvalue weighted by atomic mass is 32.2. The Morgan fingerprint density at radius 1 is 1.10 bits per heavy atom. The van der Waals surface area contributed by atoms with Crippen molar-refractivity contribution in [1.29, 1.82) is 0 Å². The molecule has 4 nitrogen and oxygen atoms in total. The third-order valence-electron chi connectivity index (χ3n) is 5.17. The Bertz CT molecular complexity index is 818. The molecule has 1 amide bonds. The van der Waals surface area contributed by atoms with Gasteiger partial charge in [-0.15, -0.1) is 0 Å². The molecular formula is C22H25F3N2O2S. The van der Waals surface area contributed by atoms with E-state index >= 15 is 0 Å². The number of hydrogen-bond acceptors (Lipinski definition) is 4. The molecule has 2 aromatic rings. The molecular weight excluding hydrogens is 413 g/mol. The first kappa shape index (κ1) is 22.5. The molecule has 2 aromatic carbocycles. The molecule has 0 aromatic heterocycles. The fraction of sp³-hybridized carbons (Fsp3) is 0.409. The van der Waals surface area contributed by atoms with Gasteiger partial charge in [-0.1, -0.05) is 12.1 Å². The average molecular weight is 439 g/mol. The van der Waals surface area contributed by atoms with Crippen molar-refractivity contribution < 1.29 is 22.7 Å². The van der Waals surface area contributed by atoms with Crippen LogP contribution in [0.15, 0.2) is 53.4 Å². The molecule has 30 heavy (non-hydrogen) atoms. The molecule has 0 saturated carbocycles. The molecule has 0 spiro atoms. The predicted octanol–water partition coefficient (Wildman–Crippen LogP) is 4.95. The molecule has 1 fully saturated rings. The SMILES string of the molecule is COc1ccc(CN2CCC(CNC(=O)c3ccc(SC(F)(F)F)cc3)CC2)cc1. The topological polar surface area (TPSA) is 41.6 Å². The molecule has 0 atom stereocenters. The van der Waals surface area contributed by atoms with E-state index in [1.807, 2.05) is 12.1 Å². The van der Waals surface area contributed by atoms with Crippen LogP contribution in [-0.4, -0.2) is 43.1 Å². The van der Waals surface area contributed by atoms with Gasteiger partial charge in [0.05, 0.1) is 7.11 Å². The van der Waals surface area contributed by atoms with E-state index in [9.17, 15) is 18.0 Å². The minimum Gasteiger partial charge on any atom is -0.497 e. The molecule has 0 unspecified atom stereocenters. The fourth-order valence-electron chi connectivity index (χ4n) is 3.48. The summed E-state index contributed by atoms with van der Waals surface area (Å²) in [6, 6.07) is 13.6. The number of hydrogen-bond donors (Lipinski definition) is 1. The lowest BCUT2D eigenvalue weighted by Gasteiger charge is -2.32. The monoisotopic (exact) mass is 438 g/mol. The van der Waals surface area contributed by atoms with Crippen LogP contribution in [-0.2, 0) is 6.54 Å². The molecule has 1 heterocycles. The quantitative estimate of drug-likeness (QED) is 0.621. The smallest absolute Gasteiger partial charge is 0.446 e. The number of ether oxygens (including phenoxy) is 1. The molecule has 1 aliphatic heterocycles. The van der Waals surface area contributed by atoms with Gasteiger partial charge in [0.15, 0.2) is 0 Å². The first-order valence-electron chi connectivity index (χ1n) is 9.81. The molecule has 0 aliphatic carbocycles. The largest absolute Gasteiger partial charge is 0.497 e. The molecule has 3 rings (SSSR count). The second-order valence-electron chi connectivity index (χ2n) is 7.35. The maximum absolute atomic E-state index is 12.4. The molecule has 1 N–H and O–H groups in total. The lowest BCUT2D eigenvalue weighted by molar-refractivity contribution is -0.0328. The Morgan fingerprint density at radius 3 is 2.30 bits per heavy atom. The highest BCUT2D eigenvalue weighted by molar-refractivity contribution is 8.00. The Hall–Kier alpha value is -2.19. The zero-order chi connectivity index (χ0) is 21.6. The lowest BCUT2D eigenvalue weighted by Crippen LogP contribution is -2.38. The van der Waals surface area contributed by atoms with Crippen molar-refractivity contribution in [1.82, 2.24) is 10.2 Å². The minimum atomic E-state index is -4.33. The van der Waals surface area contributed by atoms with Gasteiger partial charge < -0.3 is 10.1 Å². The lowest BCUT2D eigenvalue weighted by atomic mass is 9.96. The zero-order valence-corrected chi connectivity index (χ0v) is 17.6. The maximum atomic E-state index is 12.4. The summed E-state index contributed by atoms with van der Waals surface area (Å²) in [5.41, 5.74) is -2.71. The summed E-state index contributed by atoms with van der Waals surface area (Å²) in [6.07, 6.45) is 2.00.